The third kappa shape index (κ3) is 2.96. The van der Waals surface area contributed by atoms with E-state index in [1.165, 1.54) is 0 Å². The molecule has 1 aromatic carbocycles. The Labute approximate surface area is 109 Å². The molecule has 0 fully saturated rings. The summed E-state index contributed by atoms with van der Waals surface area (Å²) in [7, 11) is 1.86. The lowest BCUT2D eigenvalue weighted by Gasteiger charge is -2.09. The van der Waals surface area contributed by atoms with Gasteiger partial charge in [0.1, 0.15) is 0 Å². The number of aliphatic hydroxyl groups is 1. The van der Waals surface area contributed by atoms with Crippen LogP contribution in [0.25, 0.3) is 0 Å². The number of halogens is 1. The van der Waals surface area contributed by atoms with Crippen LogP contribution >= 0.6 is 15.9 Å². The van der Waals surface area contributed by atoms with Crippen LogP contribution in [0.4, 0.5) is 0 Å². The summed E-state index contributed by atoms with van der Waals surface area (Å²) in [6, 6.07) is 7.99. The van der Waals surface area contributed by atoms with Gasteiger partial charge in [0.15, 0.2) is 0 Å². The van der Waals surface area contributed by atoms with Crippen LogP contribution in [0.5, 0.6) is 0 Å². The van der Waals surface area contributed by atoms with E-state index in [9.17, 15) is 5.11 Å². The number of aliphatic hydroxyl groups excluding tert-OH is 1. The second-order valence-corrected chi connectivity index (χ2v) is 5.11. The van der Waals surface area contributed by atoms with Crippen LogP contribution in [0.15, 0.2) is 34.9 Å². The van der Waals surface area contributed by atoms with Gasteiger partial charge in [0.2, 0.25) is 0 Å². The first kappa shape index (κ1) is 12.3. The van der Waals surface area contributed by atoms with Gasteiger partial charge >= 0.3 is 0 Å². The Hall–Kier alpha value is -1.13. The van der Waals surface area contributed by atoms with Gasteiger partial charge in [0.05, 0.1) is 11.8 Å². The van der Waals surface area contributed by atoms with Crippen molar-refractivity contribution in [2.24, 2.45) is 7.05 Å². The fourth-order valence-electron chi connectivity index (χ4n) is 1.94. The molecule has 0 aliphatic carbocycles. The molecule has 1 unspecified atom stereocenters. The van der Waals surface area contributed by atoms with E-state index in [2.05, 4.69) is 21.0 Å². The van der Waals surface area contributed by atoms with Gasteiger partial charge in [0.25, 0.3) is 0 Å². The molecule has 4 heteroatoms. The summed E-state index contributed by atoms with van der Waals surface area (Å²) < 4.78 is 2.76. The predicted octanol–water partition coefficient (Wildman–Crippen LogP) is 2.77. The van der Waals surface area contributed by atoms with Crippen molar-refractivity contribution < 1.29 is 5.11 Å². The minimum absolute atomic E-state index is 0.502. The SMILES string of the molecule is Cc1nn(C)cc1C(O)Cc1cccc(Br)c1. The first-order valence-corrected chi connectivity index (χ1v) is 6.28. The van der Waals surface area contributed by atoms with Crippen LogP contribution in [0.3, 0.4) is 0 Å². The molecule has 0 radical (unpaired) electrons. The van der Waals surface area contributed by atoms with Crippen molar-refractivity contribution in [3.63, 3.8) is 0 Å². The summed E-state index contributed by atoms with van der Waals surface area (Å²) in [5.74, 6) is 0. The van der Waals surface area contributed by atoms with Crippen molar-refractivity contribution in [3.8, 4) is 0 Å². The van der Waals surface area contributed by atoms with Crippen molar-refractivity contribution in [1.29, 1.82) is 0 Å². The minimum Gasteiger partial charge on any atom is -0.388 e. The normalized spacial score (nSPS) is 12.7. The van der Waals surface area contributed by atoms with E-state index in [4.69, 9.17) is 0 Å². The van der Waals surface area contributed by atoms with Crippen LogP contribution in [0.1, 0.15) is 22.9 Å². The molecule has 0 spiro atoms. The lowest BCUT2D eigenvalue weighted by atomic mass is 10.0. The van der Waals surface area contributed by atoms with Gasteiger partial charge in [-0.15, -0.1) is 0 Å². The Bertz CT molecular complexity index is 522. The van der Waals surface area contributed by atoms with Crippen LogP contribution in [-0.4, -0.2) is 14.9 Å². The Morgan fingerprint density at radius 3 is 2.82 bits per heavy atom. The number of hydrogen-bond acceptors (Lipinski definition) is 2. The van der Waals surface area contributed by atoms with Crippen LogP contribution in [0.2, 0.25) is 0 Å². The van der Waals surface area contributed by atoms with Gasteiger partial charge in [0, 0.05) is 29.7 Å². The van der Waals surface area contributed by atoms with Gasteiger partial charge in [-0.05, 0) is 24.6 Å². The van der Waals surface area contributed by atoms with Crippen LogP contribution in [0, 0.1) is 6.92 Å². The van der Waals surface area contributed by atoms with Crippen molar-refractivity contribution in [2.75, 3.05) is 0 Å². The standard InChI is InChI=1S/C13H15BrN2O/c1-9-12(8-16(2)15-9)13(17)7-10-4-3-5-11(14)6-10/h3-6,8,13,17H,7H2,1-2H3. The summed E-state index contributed by atoms with van der Waals surface area (Å²) in [4.78, 5) is 0. The zero-order chi connectivity index (χ0) is 12.4. The molecule has 3 nitrogen and oxygen atoms in total. The van der Waals surface area contributed by atoms with Crippen molar-refractivity contribution in [1.82, 2.24) is 9.78 Å². The quantitative estimate of drug-likeness (QED) is 0.945. The molecule has 0 saturated carbocycles. The first-order chi connectivity index (χ1) is 8.06. The monoisotopic (exact) mass is 294 g/mol. The highest BCUT2D eigenvalue weighted by Gasteiger charge is 2.14. The number of rotatable bonds is 3. The maximum Gasteiger partial charge on any atom is 0.0863 e. The average Bonchev–Trinajstić information content (AvgIpc) is 2.58. The summed E-state index contributed by atoms with van der Waals surface area (Å²) in [6.45, 7) is 1.92. The Morgan fingerprint density at radius 2 is 2.24 bits per heavy atom. The highest BCUT2D eigenvalue weighted by Crippen LogP contribution is 2.22. The van der Waals surface area contributed by atoms with Gasteiger partial charge in [-0.3, -0.25) is 4.68 Å². The zero-order valence-electron chi connectivity index (χ0n) is 9.89. The van der Waals surface area contributed by atoms with E-state index in [0.717, 1.165) is 21.3 Å². The van der Waals surface area contributed by atoms with Gasteiger partial charge in [-0.1, -0.05) is 28.1 Å². The lowest BCUT2D eigenvalue weighted by molar-refractivity contribution is 0.177. The molecular weight excluding hydrogens is 280 g/mol. The summed E-state index contributed by atoms with van der Waals surface area (Å²) in [6.07, 6.45) is 1.97. The van der Waals surface area contributed by atoms with Gasteiger partial charge in [-0.2, -0.15) is 5.10 Å². The second-order valence-electron chi connectivity index (χ2n) is 4.19. The molecule has 0 saturated heterocycles. The van der Waals surface area contributed by atoms with Crippen LogP contribution < -0.4 is 0 Å². The number of nitrogens with zero attached hydrogens (tertiary/aromatic N) is 2. The van der Waals surface area contributed by atoms with Crippen molar-refractivity contribution in [3.05, 3.63) is 51.8 Å². The number of hydrogen-bond donors (Lipinski definition) is 1. The lowest BCUT2D eigenvalue weighted by Crippen LogP contribution is -2.02. The molecule has 0 amide bonds. The largest absolute Gasteiger partial charge is 0.388 e. The smallest absolute Gasteiger partial charge is 0.0863 e. The second kappa shape index (κ2) is 5.02. The van der Waals surface area contributed by atoms with E-state index >= 15 is 0 Å². The van der Waals surface area contributed by atoms with Crippen LogP contribution in [-0.2, 0) is 13.5 Å². The van der Waals surface area contributed by atoms with Crippen molar-refractivity contribution >= 4 is 15.9 Å². The molecule has 17 heavy (non-hydrogen) atoms. The third-order valence-corrected chi connectivity index (χ3v) is 3.22. The summed E-state index contributed by atoms with van der Waals surface area (Å²) in [5.41, 5.74) is 2.89. The Morgan fingerprint density at radius 1 is 1.47 bits per heavy atom. The number of aromatic nitrogens is 2. The van der Waals surface area contributed by atoms with E-state index in [-0.39, 0.29) is 0 Å². The summed E-state index contributed by atoms with van der Waals surface area (Å²) >= 11 is 3.43. The zero-order valence-corrected chi connectivity index (χ0v) is 11.5. The van der Waals surface area contributed by atoms with E-state index in [0.29, 0.717) is 6.42 Å². The average molecular weight is 295 g/mol. The van der Waals surface area contributed by atoms with E-state index in [1.807, 2.05) is 44.4 Å². The number of benzene rings is 1. The Kier molecular flexibility index (Phi) is 3.64. The molecule has 0 aliphatic rings. The number of aryl methyl sites for hydroxylation is 2. The third-order valence-electron chi connectivity index (χ3n) is 2.73. The molecule has 1 heterocycles. The molecule has 0 aliphatic heterocycles. The maximum atomic E-state index is 10.2. The van der Waals surface area contributed by atoms with E-state index in [1.54, 1.807) is 4.68 Å². The minimum atomic E-state index is -0.502. The highest BCUT2D eigenvalue weighted by molar-refractivity contribution is 9.10. The topological polar surface area (TPSA) is 38.0 Å². The summed E-state index contributed by atoms with van der Waals surface area (Å²) in [5, 5.41) is 14.4. The molecule has 1 atom stereocenters. The molecule has 2 aromatic rings. The fraction of sp³-hybridized carbons (Fsp3) is 0.308. The van der Waals surface area contributed by atoms with Crippen molar-refractivity contribution in [2.45, 2.75) is 19.4 Å². The highest BCUT2D eigenvalue weighted by atomic mass is 79.9. The molecule has 0 bridgehead atoms. The molecule has 90 valence electrons. The Balaban J connectivity index is 2.16. The van der Waals surface area contributed by atoms with E-state index < -0.39 is 6.10 Å². The molecule has 2 rings (SSSR count). The van der Waals surface area contributed by atoms with Gasteiger partial charge < -0.3 is 5.11 Å². The molecule has 1 aromatic heterocycles. The predicted molar refractivity (Wildman–Crippen MR) is 70.8 cm³/mol. The fourth-order valence-corrected chi connectivity index (χ4v) is 2.39. The molecular formula is C13H15BrN2O. The van der Waals surface area contributed by atoms with Gasteiger partial charge in [-0.25, -0.2) is 0 Å². The maximum absolute atomic E-state index is 10.2. The first-order valence-electron chi connectivity index (χ1n) is 5.49. The molecule has 1 N–H and O–H groups in total.